The number of allylic oxidation sites excluding steroid dienone is 8. The molecule has 0 bridgehead atoms. The van der Waals surface area contributed by atoms with Crippen LogP contribution in [0.25, 0.3) is 0 Å². The number of rotatable bonds is 15. The number of benzene rings is 2. The van der Waals surface area contributed by atoms with Gasteiger partial charge in [-0.25, -0.2) is 0 Å². The van der Waals surface area contributed by atoms with Crippen molar-refractivity contribution in [1.29, 1.82) is 0 Å². The molecule has 1 saturated carbocycles. The van der Waals surface area contributed by atoms with Crippen molar-refractivity contribution in [3.8, 4) is 0 Å². The van der Waals surface area contributed by atoms with Crippen LogP contribution in [0.4, 0.5) is 11.4 Å². The van der Waals surface area contributed by atoms with E-state index in [1.54, 1.807) is 12.1 Å². The molecule has 0 spiro atoms. The second-order valence-electron chi connectivity index (χ2n) is 17.8. The Balaban J connectivity index is 1.48. The minimum atomic E-state index is -4.55. The van der Waals surface area contributed by atoms with Crippen molar-refractivity contribution < 1.29 is 66.4 Å². The van der Waals surface area contributed by atoms with Gasteiger partial charge in [0.05, 0.1) is 32.6 Å². The van der Waals surface area contributed by atoms with Gasteiger partial charge in [-0.3, -0.25) is 23.0 Å². The molecule has 2 aliphatic heterocycles. The summed E-state index contributed by atoms with van der Waals surface area (Å²) in [6, 6.07) is 8.49. The minimum Gasteiger partial charge on any atom is -0.481 e. The van der Waals surface area contributed by atoms with Crippen molar-refractivity contribution in [3.05, 3.63) is 94.2 Å². The molecule has 63 heavy (non-hydrogen) atoms. The molecule has 2 aromatic rings. The zero-order chi connectivity index (χ0) is 46.5. The molecule has 344 valence electrons. The van der Waals surface area contributed by atoms with Gasteiger partial charge >= 0.3 is 5.97 Å². The lowest BCUT2D eigenvalue weighted by molar-refractivity contribution is -0.437. The molecule has 0 aromatic heterocycles. The first-order chi connectivity index (χ1) is 29.1. The summed E-state index contributed by atoms with van der Waals surface area (Å²) in [6.07, 6.45) is 12.3. The molecule has 1 fully saturated rings. The van der Waals surface area contributed by atoms with E-state index >= 15 is 0 Å². The Kier molecular flexibility index (Phi) is 13.6. The van der Waals surface area contributed by atoms with E-state index < -0.39 is 74.7 Å². The first-order valence-corrected chi connectivity index (χ1v) is 26.8. The third-order valence-electron chi connectivity index (χ3n) is 12.8. The summed E-state index contributed by atoms with van der Waals surface area (Å²) in [4.78, 5) is 13.3. The Bertz CT molecular complexity index is 2810. The van der Waals surface area contributed by atoms with E-state index in [1.807, 2.05) is 61.5 Å². The van der Waals surface area contributed by atoms with Crippen LogP contribution in [0.1, 0.15) is 96.6 Å². The van der Waals surface area contributed by atoms with Crippen LogP contribution in [0.5, 0.6) is 0 Å². The van der Waals surface area contributed by atoms with Gasteiger partial charge < -0.3 is 10.0 Å². The number of carbonyl (C=O) groups is 1. The average Bonchev–Trinajstić information content (AvgIpc) is 3.51. The van der Waals surface area contributed by atoms with Crippen LogP contribution >= 0.6 is 0 Å². The maximum absolute atomic E-state index is 12.2. The molecule has 0 unspecified atom stereocenters. The Morgan fingerprint density at radius 3 is 1.92 bits per heavy atom. The lowest BCUT2D eigenvalue weighted by atomic mass is 9.71. The molecule has 4 aliphatic rings. The lowest BCUT2D eigenvalue weighted by Crippen LogP contribution is -2.28. The quantitative estimate of drug-likeness (QED) is 0.0925. The van der Waals surface area contributed by atoms with Crippen LogP contribution < -0.4 is 4.90 Å². The van der Waals surface area contributed by atoms with E-state index in [9.17, 15) is 61.8 Å². The zero-order valence-corrected chi connectivity index (χ0v) is 38.8. The SMILES string of the molecule is CC1(C)C(/C=C/C2=C(C3CCC(C(=O)O)CC3)C(=C/C=C3\N(CCCS(=O)(=O)O)c4ccc(S(=O)(=O)O)cc4C3(C)C)/CCC2)=[N+](CCCS(=O)(=O)O)c2ccc(S(=O)(=O)O)cc21. The first kappa shape index (κ1) is 48.4. The van der Waals surface area contributed by atoms with Gasteiger partial charge in [0.2, 0.25) is 5.69 Å². The monoisotopic (exact) mass is 951 g/mol. The number of hydrogen-bond donors (Lipinski definition) is 5. The molecular formula is C43H55N2O14S4+. The topological polar surface area (TPSA) is 261 Å². The van der Waals surface area contributed by atoms with Gasteiger partial charge in [0.1, 0.15) is 6.54 Å². The smallest absolute Gasteiger partial charge is 0.306 e. The average molecular weight is 952 g/mol. The van der Waals surface area contributed by atoms with Gasteiger partial charge in [0, 0.05) is 47.5 Å². The van der Waals surface area contributed by atoms with Gasteiger partial charge in [0.15, 0.2) is 5.71 Å². The van der Waals surface area contributed by atoms with E-state index in [2.05, 4.69) is 0 Å². The highest BCUT2D eigenvalue weighted by molar-refractivity contribution is 7.86. The molecule has 2 heterocycles. The summed E-state index contributed by atoms with van der Waals surface area (Å²) >= 11 is 0. The Morgan fingerprint density at radius 1 is 0.746 bits per heavy atom. The molecule has 20 heteroatoms. The van der Waals surface area contributed by atoms with Crippen LogP contribution in [0.15, 0.2) is 92.9 Å². The molecule has 0 amide bonds. The second kappa shape index (κ2) is 17.8. The van der Waals surface area contributed by atoms with Gasteiger partial charge in [0.25, 0.3) is 40.5 Å². The molecule has 16 nitrogen and oxygen atoms in total. The molecule has 0 saturated heterocycles. The summed E-state index contributed by atoms with van der Waals surface area (Å²) in [5.41, 5.74) is 5.23. The third-order valence-corrected chi connectivity index (χ3v) is 16.2. The second-order valence-corrected chi connectivity index (χ2v) is 23.8. The Labute approximate surface area is 369 Å². The fourth-order valence-electron chi connectivity index (χ4n) is 9.73. The molecule has 0 radical (unpaired) electrons. The number of anilines is 1. The maximum Gasteiger partial charge on any atom is 0.306 e. The van der Waals surface area contributed by atoms with Crippen LogP contribution in [0.3, 0.4) is 0 Å². The number of carboxylic acid groups (broad SMARTS) is 1. The van der Waals surface area contributed by atoms with Crippen molar-refractivity contribution in [3.63, 3.8) is 0 Å². The lowest BCUT2D eigenvalue weighted by Gasteiger charge is -2.33. The summed E-state index contributed by atoms with van der Waals surface area (Å²) < 4.78 is 136. The van der Waals surface area contributed by atoms with Crippen molar-refractivity contribution >= 4 is 63.5 Å². The van der Waals surface area contributed by atoms with E-state index in [0.717, 1.165) is 34.5 Å². The molecule has 6 rings (SSSR count). The number of fused-ring (bicyclic) bond motifs is 2. The van der Waals surface area contributed by atoms with Gasteiger partial charge in [-0.2, -0.15) is 38.2 Å². The highest BCUT2D eigenvalue weighted by Gasteiger charge is 2.45. The van der Waals surface area contributed by atoms with Crippen molar-refractivity contribution in [1.82, 2.24) is 0 Å². The van der Waals surface area contributed by atoms with Crippen LogP contribution in [0.2, 0.25) is 0 Å². The van der Waals surface area contributed by atoms with E-state index in [-0.39, 0.29) is 41.6 Å². The largest absolute Gasteiger partial charge is 0.481 e. The standard InChI is InChI=1S/C43H54N2O14S4/c1-42(2)34-26-32(62(54,55)56)16-18-36(34)44(22-6-24-60(48,49)50)38(42)20-14-28-8-5-9-29(40(28)30-10-12-31(13-11-30)41(46)47)15-21-39-43(3,4)35-27-33(63(57,58)59)17-19-37(35)45(39)23-7-25-61(51,52)53/h14-21,26-27,30-31H,5-13,22-25H2,1-4H3,(H4-,46,47,48,49,50,51,52,53,54,55,56,57,58,59)/p+1. The molecule has 2 aliphatic carbocycles. The van der Waals surface area contributed by atoms with Crippen molar-refractivity contribution in [2.24, 2.45) is 11.8 Å². The van der Waals surface area contributed by atoms with Gasteiger partial charge in [-0.1, -0.05) is 26.0 Å². The summed E-state index contributed by atoms with van der Waals surface area (Å²) in [5.74, 6) is -2.33. The van der Waals surface area contributed by atoms with Crippen LogP contribution in [-0.2, 0) is 56.1 Å². The highest BCUT2D eigenvalue weighted by Crippen LogP contribution is 2.50. The summed E-state index contributed by atoms with van der Waals surface area (Å²) in [5, 5.41) is 9.84. The van der Waals surface area contributed by atoms with Crippen molar-refractivity contribution in [2.45, 2.75) is 106 Å². The number of hydrogen-bond acceptors (Lipinski definition) is 10. The van der Waals surface area contributed by atoms with Gasteiger partial charge in [-0.15, -0.1) is 0 Å². The molecular weight excluding hydrogens is 897 g/mol. The van der Waals surface area contributed by atoms with Crippen molar-refractivity contribution in [2.75, 3.05) is 29.5 Å². The fraction of sp³-hybridized carbons (Fsp3) is 0.488. The molecule has 5 N–H and O–H groups in total. The van der Waals surface area contributed by atoms with E-state index in [0.29, 0.717) is 61.0 Å². The Hall–Kier alpha value is -4.02. The van der Waals surface area contributed by atoms with Crippen LogP contribution in [-0.4, -0.2) is 97.8 Å². The summed E-state index contributed by atoms with van der Waals surface area (Å²) in [7, 11) is -17.7. The first-order valence-electron chi connectivity index (χ1n) is 20.7. The van der Waals surface area contributed by atoms with E-state index in [4.69, 9.17) is 0 Å². The normalized spacial score (nSPS) is 23.0. The molecule has 2 aromatic carbocycles. The maximum atomic E-state index is 12.2. The minimum absolute atomic E-state index is 0.0101. The third kappa shape index (κ3) is 10.8. The predicted octanol–water partition coefficient (Wildman–Crippen LogP) is 6.65. The summed E-state index contributed by atoms with van der Waals surface area (Å²) in [6.45, 7) is 7.90. The van der Waals surface area contributed by atoms with Gasteiger partial charge in [-0.05, 0) is 130 Å². The Morgan fingerprint density at radius 2 is 1.33 bits per heavy atom. The number of carboxylic acids is 1. The zero-order valence-electron chi connectivity index (χ0n) is 35.6. The van der Waals surface area contributed by atoms with E-state index in [1.165, 1.54) is 24.3 Å². The predicted molar refractivity (Wildman–Crippen MR) is 237 cm³/mol. The molecule has 0 atom stereocenters. The number of nitrogens with zero attached hydrogens (tertiary/aromatic N) is 2. The highest BCUT2D eigenvalue weighted by atomic mass is 32.2. The number of aliphatic carboxylic acids is 1. The van der Waals surface area contributed by atoms with Crippen LogP contribution in [0, 0.1) is 11.8 Å². The fourth-order valence-corrected chi connectivity index (χ4v) is 11.7.